The minimum absolute atomic E-state index is 0.0674. The van der Waals surface area contributed by atoms with Crippen LogP contribution in [-0.4, -0.2) is 29.1 Å². The number of amides is 1. The van der Waals surface area contributed by atoms with Crippen LogP contribution in [0.5, 0.6) is 0 Å². The average Bonchev–Trinajstić information content (AvgIpc) is 2.11. The van der Waals surface area contributed by atoms with Gasteiger partial charge in [0.25, 0.3) is 0 Å². The maximum Gasteiger partial charge on any atom is 0.338 e. The molecule has 5 nitrogen and oxygen atoms in total. The van der Waals surface area contributed by atoms with Crippen molar-refractivity contribution < 1.29 is 14.7 Å². The van der Waals surface area contributed by atoms with Gasteiger partial charge in [-0.25, -0.2) is 4.79 Å². The molecule has 0 aromatic rings. The van der Waals surface area contributed by atoms with Gasteiger partial charge in [0.1, 0.15) is 0 Å². The lowest BCUT2D eigenvalue weighted by molar-refractivity contribution is -0.140. The average molecular weight is 198 g/mol. The summed E-state index contributed by atoms with van der Waals surface area (Å²) in [4.78, 5) is 21.7. The normalized spacial score (nSPS) is 14.2. The van der Waals surface area contributed by atoms with E-state index >= 15 is 0 Å². The number of nitrogens with one attached hydrogen (secondary N) is 1. The molecule has 1 amide bonds. The molecule has 0 aliphatic rings. The summed E-state index contributed by atoms with van der Waals surface area (Å²) in [6.45, 7) is 3.52. The number of aliphatic carboxylic acids is 1. The molecular formula is C9H14N2O3. The fourth-order valence-electron chi connectivity index (χ4n) is 0.716. The van der Waals surface area contributed by atoms with E-state index in [1.165, 1.54) is 0 Å². The van der Waals surface area contributed by atoms with Gasteiger partial charge in [-0.15, -0.1) is 6.42 Å². The highest BCUT2D eigenvalue weighted by Crippen LogP contribution is 1.98. The monoisotopic (exact) mass is 198 g/mol. The third kappa shape index (κ3) is 3.46. The van der Waals surface area contributed by atoms with E-state index in [0.29, 0.717) is 0 Å². The molecule has 0 aromatic carbocycles. The van der Waals surface area contributed by atoms with Crippen molar-refractivity contribution in [2.75, 3.05) is 0 Å². The van der Waals surface area contributed by atoms with Crippen LogP contribution in [0.25, 0.3) is 0 Å². The molecule has 0 bridgehead atoms. The maximum atomic E-state index is 11.3. The molecule has 0 unspecified atom stereocenters. The Morgan fingerprint density at radius 2 is 2.00 bits per heavy atom. The van der Waals surface area contributed by atoms with Gasteiger partial charge < -0.3 is 16.2 Å². The second-order valence-electron chi connectivity index (χ2n) is 3.22. The number of nitrogens with two attached hydrogens (primary N) is 1. The zero-order valence-electron chi connectivity index (χ0n) is 8.15. The molecule has 0 aliphatic heterocycles. The van der Waals surface area contributed by atoms with Crippen molar-refractivity contribution in [1.82, 2.24) is 5.32 Å². The topological polar surface area (TPSA) is 92.4 Å². The second-order valence-corrected chi connectivity index (χ2v) is 3.22. The molecule has 0 saturated carbocycles. The molecule has 0 rings (SSSR count). The van der Waals surface area contributed by atoms with Gasteiger partial charge in [-0.3, -0.25) is 4.79 Å². The van der Waals surface area contributed by atoms with Crippen molar-refractivity contribution in [3.63, 3.8) is 0 Å². The van der Waals surface area contributed by atoms with Crippen LogP contribution in [0, 0.1) is 18.3 Å². The van der Waals surface area contributed by atoms with Crippen molar-refractivity contribution in [3.8, 4) is 12.3 Å². The first-order valence-corrected chi connectivity index (χ1v) is 4.15. The Balaban J connectivity index is 4.32. The van der Waals surface area contributed by atoms with Crippen molar-refractivity contribution >= 4 is 11.9 Å². The van der Waals surface area contributed by atoms with E-state index in [-0.39, 0.29) is 5.92 Å². The minimum Gasteiger partial charge on any atom is -0.479 e. The van der Waals surface area contributed by atoms with Crippen LogP contribution < -0.4 is 11.1 Å². The summed E-state index contributed by atoms with van der Waals surface area (Å²) >= 11 is 0. The molecule has 0 spiro atoms. The molecule has 2 atom stereocenters. The Morgan fingerprint density at radius 1 is 1.50 bits per heavy atom. The molecule has 78 valence electrons. The Bertz CT molecular complexity index is 268. The van der Waals surface area contributed by atoms with Gasteiger partial charge in [0.15, 0.2) is 6.04 Å². The molecule has 0 aromatic heterocycles. The first-order chi connectivity index (χ1) is 6.40. The number of terminal acetylenes is 1. The Hall–Kier alpha value is -1.54. The third-order valence-corrected chi connectivity index (χ3v) is 1.72. The van der Waals surface area contributed by atoms with E-state index in [1.54, 1.807) is 13.8 Å². The van der Waals surface area contributed by atoms with Gasteiger partial charge >= 0.3 is 5.97 Å². The van der Waals surface area contributed by atoms with Crippen molar-refractivity contribution in [1.29, 1.82) is 0 Å². The van der Waals surface area contributed by atoms with Crippen LogP contribution in [0.1, 0.15) is 13.8 Å². The summed E-state index contributed by atoms with van der Waals surface area (Å²) in [6.07, 6.45) is 4.91. The molecule has 5 heteroatoms. The number of hydrogen-bond donors (Lipinski definition) is 3. The van der Waals surface area contributed by atoms with Gasteiger partial charge in [0.05, 0.1) is 6.04 Å². The van der Waals surface area contributed by atoms with Crippen LogP contribution in [0.3, 0.4) is 0 Å². The fourth-order valence-corrected chi connectivity index (χ4v) is 0.716. The van der Waals surface area contributed by atoms with Gasteiger partial charge in [-0.2, -0.15) is 0 Å². The number of hydrogen-bond acceptors (Lipinski definition) is 3. The maximum absolute atomic E-state index is 11.3. The zero-order valence-corrected chi connectivity index (χ0v) is 8.15. The molecule has 0 saturated heterocycles. The Kier molecular flexibility index (Phi) is 4.67. The first kappa shape index (κ1) is 12.5. The van der Waals surface area contributed by atoms with Crippen LogP contribution in [0.2, 0.25) is 0 Å². The van der Waals surface area contributed by atoms with E-state index in [2.05, 4.69) is 5.32 Å². The molecule has 4 N–H and O–H groups in total. The molecule has 0 radical (unpaired) electrons. The minimum atomic E-state index is -1.31. The lowest BCUT2D eigenvalue weighted by Crippen LogP contribution is -2.49. The smallest absolute Gasteiger partial charge is 0.338 e. The van der Waals surface area contributed by atoms with Gasteiger partial charge in [0, 0.05) is 0 Å². The zero-order chi connectivity index (χ0) is 11.3. The van der Waals surface area contributed by atoms with Crippen molar-refractivity contribution in [3.05, 3.63) is 0 Å². The van der Waals surface area contributed by atoms with E-state index < -0.39 is 24.0 Å². The number of carboxylic acid groups (broad SMARTS) is 1. The molecular weight excluding hydrogens is 184 g/mol. The summed E-state index contributed by atoms with van der Waals surface area (Å²) in [5.74, 6) is 0.0543. The SMILES string of the molecule is C#C[C@H](NC(=O)[C@@H](N)C(C)C)C(=O)O. The summed E-state index contributed by atoms with van der Waals surface area (Å²) in [6, 6.07) is -2.06. The lowest BCUT2D eigenvalue weighted by atomic mass is 10.0. The fraction of sp³-hybridized carbons (Fsp3) is 0.556. The summed E-state index contributed by atoms with van der Waals surface area (Å²) in [5, 5.41) is 10.7. The van der Waals surface area contributed by atoms with Gasteiger partial charge in [0.2, 0.25) is 5.91 Å². The Labute approximate surface area is 82.7 Å². The van der Waals surface area contributed by atoms with Crippen molar-refractivity contribution in [2.24, 2.45) is 11.7 Å². The first-order valence-electron chi connectivity index (χ1n) is 4.15. The van der Waals surface area contributed by atoms with Crippen LogP contribution in [0.15, 0.2) is 0 Å². The number of carbonyl (C=O) groups is 2. The number of carbonyl (C=O) groups excluding carboxylic acids is 1. The van der Waals surface area contributed by atoms with E-state index in [9.17, 15) is 9.59 Å². The predicted molar refractivity (Wildman–Crippen MR) is 51.2 cm³/mol. The molecule has 0 heterocycles. The summed E-state index contributed by atoms with van der Waals surface area (Å²) in [7, 11) is 0. The predicted octanol–water partition coefficient (Wildman–Crippen LogP) is -0.828. The third-order valence-electron chi connectivity index (χ3n) is 1.72. The number of carboxylic acids is 1. The van der Waals surface area contributed by atoms with E-state index in [0.717, 1.165) is 0 Å². The highest BCUT2D eigenvalue weighted by Gasteiger charge is 2.22. The van der Waals surface area contributed by atoms with Crippen LogP contribution in [-0.2, 0) is 9.59 Å². The van der Waals surface area contributed by atoms with Gasteiger partial charge in [-0.1, -0.05) is 19.8 Å². The standard InChI is InChI=1S/C9H14N2O3/c1-4-6(9(13)14)11-8(12)7(10)5(2)3/h1,5-7H,10H2,2-3H3,(H,11,12)(H,13,14)/t6-,7-/m0/s1. The Morgan fingerprint density at radius 3 is 2.29 bits per heavy atom. The molecule has 0 aliphatic carbocycles. The summed E-state index contributed by atoms with van der Waals surface area (Å²) in [5.41, 5.74) is 5.49. The lowest BCUT2D eigenvalue weighted by Gasteiger charge is -2.16. The van der Waals surface area contributed by atoms with E-state index in [4.69, 9.17) is 17.3 Å². The second kappa shape index (κ2) is 5.25. The highest BCUT2D eigenvalue weighted by atomic mass is 16.4. The molecule has 14 heavy (non-hydrogen) atoms. The number of rotatable bonds is 4. The van der Waals surface area contributed by atoms with Crippen LogP contribution >= 0.6 is 0 Å². The molecule has 0 fully saturated rings. The van der Waals surface area contributed by atoms with Crippen LogP contribution in [0.4, 0.5) is 0 Å². The summed E-state index contributed by atoms with van der Waals surface area (Å²) < 4.78 is 0. The van der Waals surface area contributed by atoms with E-state index in [1.807, 2.05) is 5.92 Å². The largest absolute Gasteiger partial charge is 0.479 e. The quantitative estimate of drug-likeness (QED) is 0.514. The highest BCUT2D eigenvalue weighted by molar-refractivity contribution is 5.88. The van der Waals surface area contributed by atoms with Crippen molar-refractivity contribution in [2.45, 2.75) is 25.9 Å². The van der Waals surface area contributed by atoms with Gasteiger partial charge in [-0.05, 0) is 5.92 Å².